The van der Waals surface area contributed by atoms with E-state index in [1.54, 1.807) is 0 Å². The normalized spacial score (nSPS) is 15.3. The number of alkyl halides is 3. The Bertz CT molecular complexity index is 843. The number of hydrogen-bond acceptors (Lipinski definition) is 1. The summed E-state index contributed by atoms with van der Waals surface area (Å²) in [7, 11) is 0. The van der Waals surface area contributed by atoms with Gasteiger partial charge in [-0.05, 0) is 36.6 Å². The minimum atomic E-state index is -4.39. The van der Waals surface area contributed by atoms with Gasteiger partial charge in [0.15, 0.2) is 0 Å². The number of carbonyl (C=O) groups is 1. The van der Waals surface area contributed by atoms with Crippen LogP contribution in [0.25, 0.3) is 0 Å². The summed E-state index contributed by atoms with van der Waals surface area (Å²) in [5.41, 5.74) is 0.0370. The topological polar surface area (TPSA) is 29.1 Å². The number of amides is 1. The van der Waals surface area contributed by atoms with E-state index in [0.717, 1.165) is 37.0 Å². The fourth-order valence-corrected chi connectivity index (χ4v) is 3.15. The molecule has 26 heavy (non-hydrogen) atoms. The lowest BCUT2D eigenvalue weighted by molar-refractivity contribution is -0.137. The summed E-state index contributed by atoms with van der Waals surface area (Å²) >= 11 is 0. The van der Waals surface area contributed by atoms with Crippen LogP contribution in [0.1, 0.15) is 36.0 Å². The molecule has 3 rings (SSSR count). The molecule has 1 amide bonds. The van der Waals surface area contributed by atoms with Crippen molar-refractivity contribution < 1.29 is 18.0 Å². The Balaban J connectivity index is 1.64. The van der Waals surface area contributed by atoms with E-state index in [1.165, 1.54) is 12.1 Å². The lowest BCUT2D eigenvalue weighted by atomic mass is 9.64. The SMILES string of the molecule is O=C(NCC#Cc1cccc(C(F)(F)F)c1)C1(c2ccccc2)CCC1. The van der Waals surface area contributed by atoms with E-state index in [4.69, 9.17) is 0 Å². The van der Waals surface area contributed by atoms with Gasteiger partial charge in [-0.1, -0.05) is 54.7 Å². The molecular weight excluding hydrogens is 339 g/mol. The molecule has 0 heterocycles. The smallest absolute Gasteiger partial charge is 0.344 e. The first-order chi connectivity index (χ1) is 12.4. The highest BCUT2D eigenvalue weighted by atomic mass is 19.4. The molecule has 1 fully saturated rings. The third-order valence-electron chi connectivity index (χ3n) is 4.73. The predicted molar refractivity (Wildman–Crippen MR) is 93.3 cm³/mol. The van der Waals surface area contributed by atoms with Crippen molar-refractivity contribution in [2.45, 2.75) is 30.9 Å². The van der Waals surface area contributed by atoms with Gasteiger partial charge in [0.25, 0.3) is 0 Å². The molecule has 2 aromatic rings. The van der Waals surface area contributed by atoms with Crippen LogP contribution in [-0.2, 0) is 16.4 Å². The molecule has 5 heteroatoms. The first-order valence-corrected chi connectivity index (χ1v) is 8.42. The van der Waals surface area contributed by atoms with E-state index in [2.05, 4.69) is 17.2 Å². The second kappa shape index (κ2) is 7.25. The van der Waals surface area contributed by atoms with Gasteiger partial charge in [0.05, 0.1) is 17.5 Å². The van der Waals surface area contributed by atoms with Crippen molar-refractivity contribution in [2.24, 2.45) is 0 Å². The largest absolute Gasteiger partial charge is 0.416 e. The molecule has 2 aromatic carbocycles. The summed E-state index contributed by atoms with van der Waals surface area (Å²) in [5.74, 6) is 5.33. The number of halogens is 3. The zero-order valence-corrected chi connectivity index (χ0v) is 14.1. The van der Waals surface area contributed by atoms with Gasteiger partial charge in [-0.25, -0.2) is 0 Å². The Kier molecular flexibility index (Phi) is 5.03. The first-order valence-electron chi connectivity index (χ1n) is 8.42. The molecule has 0 saturated heterocycles. The minimum Gasteiger partial charge on any atom is -0.344 e. The molecule has 0 aliphatic heterocycles. The highest BCUT2D eigenvalue weighted by molar-refractivity contribution is 5.89. The van der Waals surface area contributed by atoms with Gasteiger partial charge in [0, 0.05) is 5.56 Å². The minimum absolute atomic E-state index is 0.0757. The lowest BCUT2D eigenvalue weighted by Gasteiger charge is -2.40. The number of carbonyl (C=O) groups excluding carboxylic acids is 1. The zero-order valence-electron chi connectivity index (χ0n) is 14.1. The predicted octanol–water partition coefficient (Wildman–Crippen LogP) is 4.30. The molecule has 1 N–H and O–H groups in total. The van der Waals surface area contributed by atoms with E-state index in [9.17, 15) is 18.0 Å². The van der Waals surface area contributed by atoms with E-state index in [0.29, 0.717) is 0 Å². The number of benzene rings is 2. The van der Waals surface area contributed by atoms with Crippen molar-refractivity contribution in [2.75, 3.05) is 6.54 Å². The fraction of sp³-hybridized carbons (Fsp3) is 0.286. The summed E-state index contributed by atoms with van der Waals surface area (Å²) in [6, 6.07) is 14.5. The number of hydrogen-bond donors (Lipinski definition) is 1. The maximum absolute atomic E-state index is 12.7. The summed E-state index contributed by atoms with van der Waals surface area (Å²) in [6.45, 7) is 0.101. The van der Waals surface area contributed by atoms with Crippen molar-refractivity contribution in [3.63, 3.8) is 0 Å². The highest BCUT2D eigenvalue weighted by Crippen LogP contribution is 2.43. The highest BCUT2D eigenvalue weighted by Gasteiger charge is 2.45. The van der Waals surface area contributed by atoms with Crippen LogP contribution in [0, 0.1) is 11.8 Å². The van der Waals surface area contributed by atoms with E-state index in [1.807, 2.05) is 30.3 Å². The standard InChI is InChI=1S/C21H18F3NO/c22-21(23,24)18-11-4-7-16(15-18)8-5-14-25-19(26)20(12-6-13-20)17-9-2-1-3-10-17/h1-4,7,9-11,15H,6,12-14H2,(H,25,26). The number of rotatable bonds is 3. The average molecular weight is 357 g/mol. The van der Waals surface area contributed by atoms with Crippen LogP contribution in [0.4, 0.5) is 13.2 Å². The second-order valence-electron chi connectivity index (χ2n) is 6.36. The Hall–Kier alpha value is -2.74. The summed E-state index contributed by atoms with van der Waals surface area (Å²) < 4.78 is 38.1. The van der Waals surface area contributed by atoms with Crippen LogP contribution in [0.3, 0.4) is 0 Å². The second-order valence-corrected chi connectivity index (χ2v) is 6.36. The molecule has 0 bridgehead atoms. The molecule has 1 aliphatic carbocycles. The summed E-state index contributed by atoms with van der Waals surface area (Å²) in [6.07, 6.45) is -1.80. The molecule has 0 aromatic heterocycles. The van der Waals surface area contributed by atoms with Crippen LogP contribution in [0.5, 0.6) is 0 Å². The van der Waals surface area contributed by atoms with Gasteiger partial charge in [-0.15, -0.1) is 0 Å². The van der Waals surface area contributed by atoms with Crippen LogP contribution in [0.15, 0.2) is 54.6 Å². The Labute approximate surface area is 150 Å². The van der Waals surface area contributed by atoms with Crippen molar-refractivity contribution >= 4 is 5.91 Å². The van der Waals surface area contributed by atoms with Crippen LogP contribution < -0.4 is 5.32 Å². The molecule has 1 aliphatic rings. The molecule has 0 atom stereocenters. The van der Waals surface area contributed by atoms with Gasteiger partial charge in [0.2, 0.25) is 5.91 Å². The van der Waals surface area contributed by atoms with Crippen LogP contribution in [-0.4, -0.2) is 12.5 Å². The van der Waals surface area contributed by atoms with E-state index >= 15 is 0 Å². The van der Waals surface area contributed by atoms with E-state index < -0.39 is 17.2 Å². The Morgan fingerprint density at radius 3 is 2.42 bits per heavy atom. The Morgan fingerprint density at radius 2 is 1.81 bits per heavy atom. The summed E-state index contributed by atoms with van der Waals surface area (Å²) in [4.78, 5) is 12.6. The zero-order chi connectivity index (χ0) is 18.6. The maximum Gasteiger partial charge on any atom is 0.416 e. The van der Waals surface area contributed by atoms with Gasteiger partial charge in [0.1, 0.15) is 0 Å². The van der Waals surface area contributed by atoms with Gasteiger partial charge >= 0.3 is 6.18 Å². The van der Waals surface area contributed by atoms with Crippen molar-refractivity contribution in [3.05, 3.63) is 71.3 Å². The first kappa shape index (κ1) is 18.1. The van der Waals surface area contributed by atoms with Crippen molar-refractivity contribution in [3.8, 4) is 11.8 Å². The van der Waals surface area contributed by atoms with Gasteiger partial charge in [-0.3, -0.25) is 4.79 Å². The lowest BCUT2D eigenvalue weighted by Crippen LogP contribution is -2.49. The third kappa shape index (κ3) is 3.75. The quantitative estimate of drug-likeness (QED) is 0.816. The molecule has 1 saturated carbocycles. The molecule has 0 radical (unpaired) electrons. The molecular formula is C21H18F3NO. The summed E-state index contributed by atoms with van der Waals surface area (Å²) in [5, 5.41) is 2.80. The average Bonchev–Trinajstić information content (AvgIpc) is 2.58. The molecule has 0 unspecified atom stereocenters. The van der Waals surface area contributed by atoms with Crippen LogP contribution in [0.2, 0.25) is 0 Å². The molecule has 2 nitrogen and oxygen atoms in total. The van der Waals surface area contributed by atoms with Crippen LogP contribution >= 0.6 is 0 Å². The number of nitrogens with one attached hydrogen (secondary N) is 1. The van der Waals surface area contributed by atoms with Gasteiger partial charge < -0.3 is 5.32 Å². The maximum atomic E-state index is 12.7. The van der Waals surface area contributed by atoms with E-state index in [-0.39, 0.29) is 18.0 Å². The molecule has 0 spiro atoms. The monoisotopic (exact) mass is 357 g/mol. The fourth-order valence-electron chi connectivity index (χ4n) is 3.15. The third-order valence-corrected chi connectivity index (χ3v) is 4.73. The van der Waals surface area contributed by atoms with Gasteiger partial charge in [-0.2, -0.15) is 13.2 Å². The Morgan fingerprint density at radius 1 is 1.08 bits per heavy atom. The molecule has 134 valence electrons. The van der Waals surface area contributed by atoms with Crippen molar-refractivity contribution in [1.82, 2.24) is 5.32 Å². The van der Waals surface area contributed by atoms with Crippen molar-refractivity contribution in [1.29, 1.82) is 0 Å².